The summed E-state index contributed by atoms with van der Waals surface area (Å²) < 4.78 is 5.80. The number of aromatic hydroxyl groups is 2. The standard InChI is InChI=1S/C16H26O2.C14H22O/c1-4-7-8-9-12-18-16-14(6-3)13(5-2)10-11-15(16)17;1-6-7-8-13-11(4)9(2)10(3)12(5)14(13)15/h10-11,17H,4-9,12H2,1-3H3;15H,6-8H2,1-5H3. The van der Waals surface area contributed by atoms with E-state index >= 15 is 0 Å². The van der Waals surface area contributed by atoms with Crippen molar-refractivity contribution in [3.63, 3.8) is 0 Å². The number of benzene rings is 2. The highest BCUT2D eigenvalue weighted by Gasteiger charge is 2.14. The van der Waals surface area contributed by atoms with Crippen LogP contribution in [0.5, 0.6) is 17.2 Å². The smallest absolute Gasteiger partial charge is 0.164 e. The van der Waals surface area contributed by atoms with Gasteiger partial charge in [-0.15, -0.1) is 0 Å². The summed E-state index contributed by atoms with van der Waals surface area (Å²) >= 11 is 0. The van der Waals surface area contributed by atoms with Crippen molar-refractivity contribution in [2.75, 3.05) is 6.61 Å². The molecule has 0 atom stereocenters. The van der Waals surface area contributed by atoms with E-state index in [1.807, 2.05) is 13.0 Å². The molecular weight excluding hydrogens is 408 g/mol. The van der Waals surface area contributed by atoms with Crippen LogP contribution in [0.3, 0.4) is 0 Å². The number of phenols is 2. The van der Waals surface area contributed by atoms with Crippen LogP contribution in [-0.2, 0) is 19.3 Å². The van der Waals surface area contributed by atoms with Crippen molar-refractivity contribution in [1.29, 1.82) is 0 Å². The van der Waals surface area contributed by atoms with Gasteiger partial charge < -0.3 is 14.9 Å². The number of rotatable bonds is 11. The zero-order valence-corrected chi connectivity index (χ0v) is 22.5. The molecule has 0 bridgehead atoms. The monoisotopic (exact) mass is 456 g/mol. The van der Waals surface area contributed by atoms with Gasteiger partial charge in [-0.3, -0.25) is 0 Å². The van der Waals surface area contributed by atoms with E-state index in [2.05, 4.69) is 48.5 Å². The predicted molar refractivity (Wildman–Crippen MR) is 142 cm³/mol. The Kier molecular flexibility index (Phi) is 13.0. The first-order valence-corrected chi connectivity index (χ1v) is 13.0. The molecule has 0 saturated heterocycles. The summed E-state index contributed by atoms with van der Waals surface area (Å²) in [6, 6.07) is 3.75. The van der Waals surface area contributed by atoms with E-state index in [0.29, 0.717) is 18.1 Å². The van der Waals surface area contributed by atoms with Crippen molar-refractivity contribution in [2.45, 2.75) is 113 Å². The van der Waals surface area contributed by atoms with Crippen LogP contribution in [0.2, 0.25) is 0 Å². The summed E-state index contributed by atoms with van der Waals surface area (Å²) in [5.41, 5.74) is 8.46. The summed E-state index contributed by atoms with van der Waals surface area (Å²) in [7, 11) is 0. The van der Waals surface area contributed by atoms with E-state index in [4.69, 9.17) is 4.74 Å². The topological polar surface area (TPSA) is 49.7 Å². The van der Waals surface area contributed by atoms with Crippen LogP contribution in [0, 0.1) is 27.7 Å². The van der Waals surface area contributed by atoms with Crippen LogP contribution in [0.15, 0.2) is 12.1 Å². The molecule has 0 aromatic heterocycles. The van der Waals surface area contributed by atoms with Gasteiger partial charge in [-0.2, -0.15) is 0 Å². The van der Waals surface area contributed by atoms with Crippen molar-refractivity contribution < 1.29 is 14.9 Å². The van der Waals surface area contributed by atoms with E-state index in [1.165, 1.54) is 47.9 Å². The van der Waals surface area contributed by atoms with Gasteiger partial charge in [-0.25, -0.2) is 0 Å². The first-order chi connectivity index (χ1) is 15.7. The molecular formula is C30H48O3. The van der Waals surface area contributed by atoms with Gasteiger partial charge in [0.15, 0.2) is 11.5 Å². The van der Waals surface area contributed by atoms with Crippen LogP contribution in [0.1, 0.15) is 105 Å². The molecule has 2 N–H and O–H groups in total. The molecule has 0 spiro atoms. The van der Waals surface area contributed by atoms with Crippen molar-refractivity contribution in [1.82, 2.24) is 0 Å². The summed E-state index contributed by atoms with van der Waals surface area (Å²) in [6.07, 6.45) is 9.95. The van der Waals surface area contributed by atoms with Crippen molar-refractivity contribution in [2.24, 2.45) is 0 Å². The molecule has 0 amide bonds. The van der Waals surface area contributed by atoms with E-state index in [0.717, 1.165) is 48.8 Å². The van der Waals surface area contributed by atoms with E-state index in [1.54, 1.807) is 6.07 Å². The molecule has 186 valence electrons. The summed E-state index contributed by atoms with van der Waals surface area (Å²) in [6.45, 7) is 17.7. The average molecular weight is 457 g/mol. The van der Waals surface area contributed by atoms with Gasteiger partial charge in [0.25, 0.3) is 0 Å². The summed E-state index contributed by atoms with van der Waals surface area (Å²) in [5, 5.41) is 20.0. The first kappa shape index (κ1) is 28.9. The van der Waals surface area contributed by atoms with Crippen LogP contribution < -0.4 is 4.74 Å². The Bertz CT molecular complexity index is 839. The maximum absolute atomic E-state index is 10.1. The van der Waals surface area contributed by atoms with E-state index < -0.39 is 0 Å². The van der Waals surface area contributed by atoms with Crippen LogP contribution >= 0.6 is 0 Å². The third-order valence-corrected chi connectivity index (χ3v) is 6.88. The van der Waals surface area contributed by atoms with Crippen LogP contribution in [0.4, 0.5) is 0 Å². The molecule has 0 heterocycles. The molecule has 2 rings (SSSR count). The average Bonchev–Trinajstić information content (AvgIpc) is 2.82. The van der Waals surface area contributed by atoms with Crippen molar-refractivity contribution in [3.8, 4) is 17.2 Å². The largest absolute Gasteiger partial charge is 0.507 e. The number of hydrogen-bond donors (Lipinski definition) is 2. The van der Waals surface area contributed by atoms with Crippen LogP contribution in [-0.4, -0.2) is 16.8 Å². The lowest BCUT2D eigenvalue weighted by Gasteiger charge is -2.16. The number of ether oxygens (including phenoxy) is 1. The van der Waals surface area contributed by atoms with Gasteiger partial charge in [0.1, 0.15) is 5.75 Å². The third-order valence-electron chi connectivity index (χ3n) is 6.88. The molecule has 0 aliphatic heterocycles. The Labute approximate surface area is 203 Å². The van der Waals surface area contributed by atoms with Gasteiger partial charge >= 0.3 is 0 Å². The minimum absolute atomic E-state index is 0.277. The maximum Gasteiger partial charge on any atom is 0.164 e. The first-order valence-electron chi connectivity index (χ1n) is 13.0. The molecule has 2 aromatic rings. The molecule has 0 radical (unpaired) electrons. The molecule has 0 aliphatic carbocycles. The fourth-order valence-corrected chi connectivity index (χ4v) is 4.27. The minimum atomic E-state index is 0.277. The highest BCUT2D eigenvalue weighted by molar-refractivity contribution is 5.53. The van der Waals surface area contributed by atoms with Gasteiger partial charge in [0.05, 0.1) is 6.61 Å². The highest BCUT2D eigenvalue weighted by atomic mass is 16.5. The Morgan fingerprint density at radius 2 is 1.30 bits per heavy atom. The maximum atomic E-state index is 10.1. The fourth-order valence-electron chi connectivity index (χ4n) is 4.27. The van der Waals surface area contributed by atoms with Gasteiger partial charge in [0, 0.05) is 5.56 Å². The van der Waals surface area contributed by atoms with Crippen LogP contribution in [0.25, 0.3) is 0 Å². The van der Waals surface area contributed by atoms with Crippen molar-refractivity contribution >= 4 is 0 Å². The molecule has 3 heteroatoms. The number of hydrogen-bond acceptors (Lipinski definition) is 3. The Hall–Kier alpha value is -2.16. The lowest BCUT2D eigenvalue weighted by molar-refractivity contribution is 0.286. The number of aryl methyl sites for hydroxylation is 1. The zero-order chi connectivity index (χ0) is 25.0. The number of phenolic OH excluding ortho intramolecular Hbond substituents is 2. The second-order valence-corrected chi connectivity index (χ2v) is 9.10. The lowest BCUT2D eigenvalue weighted by Crippen LogP contribution is -2.02. The summed E-state index contributed by atoms with van der Waals surface area (Å²) in [5.74, 6) is 1.50. The Balaban J connectivity index is 0.000000335. The molecule has 2 aromatic carbocycles. The SMILES string of the molecule is CCCCCCOc1c(O)ccc(CC)c1CC.CCCCc1c(C)c(C)c(C)c(C)c1O. The second kappa shape index (κ2) is 14.9. The molecule has 33 heavy (non-hydrogen) atoms. The lowest BCUT2D eigenvalue weighted by atomic mass is 9.91. The minimum Gasteiger partial charge on any atom is -0.507 e. The normalized spacial score (nSPS) is 10.7. The quantitative estimate of drug-likeness (QED) is 0.333. The Morgan fingerprint density at radius 3 is 1.88 bits per heavy atom. The highest BCUT2D eigenvalue weighted by Crippen LogP contribution is 2.34. The molecule has 3 nitrogen and oxygen atoms in total. The molecule has 0 unspecified atom stereocenters. The van der Waals surface area contributed by atoms with E-state index in [9.17, 15) is 10.2 Å². The fraction of sp³-hybridized carbons (Fsp3) is 0.600. The summed E-state index contributed by atoms with van der Waals surface area (Å²) in [4.78, 5) is 0. The van der Waals surface area contributed by atoms with E-state index in [-0.39, 0.29) is 5.75 Å². The number of unbranched alkanes of at least 4 members (excludes halogenated alkanes) is 4. The zero-order valence-electron chi connectivity index (χ0n) is 22.5. The second-order valence-electron chi connectivity index (χ2n) is 9.10. The molecule has 0 fully saturated rings. The van der Waals surface area contributed by atoms with Gasteiger partial charge in [0.2, 0.25) is 0 Å². The van der Waals surface area contributed by atoms with Gasteiger partial charge in [-0.1, -0.05) is 59.4 Å². The molecule has 0 aliphatic rings. The predicted octanol–water partition coefficient (Wildman–Crippen LogP) is 8.44. The Morgan fingerprint density at radius 1 is 0.667 bits per heavy atom. The van der Waals surface area contributed by atoms with Gasteiger partial charge in [-0.05, 0) is 99.2 Å². The third kappa shape index (κ3) is 7.98. The van der Waals surface area contributed by atoms with Crippen molar-refractivity contribution in [3.05, 3.63) is 51.1 Å². The molecule has 0 saturated carbocycles.